The average Bonchev–Trinajstić information content (AvgIpc) is 2.04. The van der Waals surface area contributed by atoms with Crippen LogP contribution in [0.4, 0.5) is 0 Å². The third-order valence-electron chi connectivity index (χ3n) is 1.55. The van der Waals surface area contributed by atoms with E-state index in [0.29, 0.717) is 19.1 Å². The molecule has 0 aliphatic rings. The fourth-order valence-corrected chi connectivity index (χ4v) is 1.98. The van der Waals surface area contributed by atoms with Crippen molar-refractivity contribution < 1.29 is 13.3 Å². The van der Waals surface area contributed by atoms with Gasteiger partial charge < -0.3 is 13.3 Å². The van der Waals surface area contributed by atoms with Crippen LogP contribution in [0.3, 0.4) is 0 Å². The molecule has 0 unspecified atom stereocenters. The van der Waals surface area contributed by atoms with Crippen LogP contribution in [0, 0.1) is 5.92 Å². The van der Waals surface area contributed by atoms with Crippen molar-refractivity contribution in [1.29, 1.82) is 0 Å². The van der Waals surface area contributed by atoms with Crippen LogP contribution in [0.15, 0.2) is 0 Å². The second-order valence-corrected chi connectivity index (χ2v) is 4.83. The van der Waals surface area contributed by atoms with Crippen LogP contribution >= 0.6 is 0 Å². The molecule has 0 N–H and O–H groups in total. The maximum absolute atomic E-state index is 5.53. The topological polar surface area (TPSA) is 27.7 Å². The van der Waals surface area contributed by atoms with Gasteiger partial charge in [0.25, 0.3) is 0 Å². The molecule has 0 amide bonds. The van der Waals surface area contributed by atoms with Gasteiger partial charge in [0.05, 0.1) is 0 Å². The fourth-order valence-electron chi connectivity index (χ4n) is 0.816. The van der Waals surface area contributed by atoms with Crippen LogP contribution in [-0.2, 0) is 13.3 Å². The minimum Gasteiger partial charge on any atom is -0.376 e. The molecule has 0 aromatic carbocycles. The van der Waals surface area contributed by atoms with Crippen LogP contribution in [0.1, 0.15) is 34.1 Å². The van der Waals surface area contributed by atoms with E-state index in [1.54, 1.807) is 0 Å². The fraction of sp³-hybridized carbons (Fsp3) is 1.00. The third-order valence-corrected chi connectivity index (χ3v) is 3.27. The molecular formula is C9H22O3Si. The predicted molar refractivity (Wildman–Crippen MR) is 55.8 cm³/mol. The van der Waals surface area contributed by atoms with Gasteiger partial charge in [0.15, 0.2) is 0 Å². The number of rotatable bonds is 8. The molecular weight excluding hydrogens is 184 g/mol. The van der Waals surface area contributed by atoms with Gasteiger partial charge in [0.1, 0.15) is 0 Å². The van der Waals surface area contributed by atoms with Crippen molar-refractivity contribution >= 4 is 9.53 Å². The van der Waals surface area contributed by atoms with E-state index >= 15 is 0 Å². The van der Waals surface area contributed by atoms with E-state index in [1.165, 1.54) is 0 Å². The van der Waals surface area contributed by atoms with Gasteiger partial charge in [-0.25, -0.2) is 0 Å². The highest BCUT2D eigenvalue weighted by molar-refractivity contribution is 6.36. The summed E-state index contributed by atoms with van der Waals surface area (Å²) >= 11 is 0. The van der Waals surface area contributed by atoms with Crippen molar-refractivity contribution in [3.8, 4) is 0 Å². The Labute approximate surface area is 83.3 Å². The van der Waals surface area contributed by atoms with Gasteiger partial charge >= 0.3 is 9.53 Å². The summed E-state index contributed by atoms with van der Waals surface area (Å²) in [5, 5.41) is 0. The van der Waals surface area contributed by atoms with E-state index in [1.807, 2.05) is 13.8 Å². The molecule has 0 aromatic rings. The van der Waals surface area contributed by atoms with Gasteiger partial charge in [-0.3, -0.25) is 0 Å². The molecule has 0 atom stereocenters. The summed E-state index contributed by atoms with van der Waals surface area (Å²) in [4.78, 5) is 0. The summed E-state index contributed by atoms with van der Waals surface area (Å²) in [6.45, 7) is 10.4. The number of hydrogen-bond donors (Lipinski definition) is 0. The van der Waals surface area contributed by atoms with Gasteiger partial charge in [0, 0.05) is 19.8 Å². The Balaban J connectivity index is 3.44. The van der Waals surface area contributed by atoms with Crippen LogP contribution in [0.25, 0.3) is 0 Å². The monoisotopic (exact) mass is 206 g/mol. The maximum Gasteiger partial charge on any atom is 0.484 e. The zero-order valence-corrected chi connectivity index (χ0v) is 10.4. The second kappa shape index (κ2) is 8.68. The average molecular weight is 206 g/mol. The number of hydrogen-bond acceptors (Lipinski definition) is 3. The highest BCUT2D eigenvalue weighted by Gasteiger charge is 2.13. The van der Waals surface area contributed by atoms with Crippen LogP contribution < -0.4 is 0 Å². The zero-order valence-electron chi connectivity index (χ0n) is 9.21. The van der Waals surface area contributed by atoms with Crippen molar-refractivity contribution in [2.75, 3.05) is 19.8 Å². The zero-order chi connectivity index (χ0) is 10.1. The van der Waals surface area contributed by atoms with Crippen molar-refractivity contribution in [3.63, 3.8) is 0 Å². The Morgan fingerprint density at radius 2 is 1.54 bits per heavy atom. The first-order valence-electron chi connectivity index (χ1n) is 5.05. The Morgan fingerprint density at radius 1 is 1.00 bits per heavy atom. The van der Waals surface area contributed by atoms with E-state index in [2.05, 4.69) is 13.8 Å². The van der Waals surface area contributed by atoms with E-state index in [-0.39, 0.29) is 0 Å². The SMILES string of the molecule is CCO[SiH](OCC)OCCC(C)C. The largest absolute Gasteiger partial charge is 0.484 e. The molecule has 4 heteroatoms. The lowest BCUT2D eigenvalue weighted by Crippen LogP contribution is -2.28. The summed E-state index contributed by atoms with van der Waals surface area (Å²) in [6, 6.07) is 0. The van der Waals surface area contributed by atoms with E-state index in [9.17, 15) is 0 Å². The van der Waals surface area contributed by atoms with E-state index in [4.69, 9.17) is 13.3 Å². The molecule has 0 fully saturated rings. The van der Waals surface area contributed by atoms with Gasteiger partial charge in [-0.15, -0.1) is 0 Å². The van der Waals surface area contributed by atoms with Crippen LogP contribution in [0.5, 0.6) is 0 Å². The molecule has 0 aliphatic carbocycles. The summed E-state index contributed by atoms with van der Waals surface area (Å²) in [5.41, 5.74) is 0. The minimum absolute atomic E-state index is 0.679. The predicted octanol–water partition coefficient (Wildman–Crippen LogP) is 1.84. The first-order chi connectivity index (χ1) is 6.20. The first kappa shape index (κ1) is 13.1. The lowest BCUT2D eigenvalue weighted by molar-refractivity contribution is 0.0980. The quantitative estimate of drug-likeness (QED) is 0.567. The molecule has 0 saturated carbocycles. The van der Waals surface area contributed by atoms with Gasteiger partial charge in [0.2, 0.25) is 0 Å². The van der Waals surface area contributed by atoms with Crippen molar-refractivity contribution in [1.82, 2.24) is 0 Å². The molecule has 13 heavy (non-hydrogen) atoms. The lowest BCUT2D eigenvalue weighted by atomic mass is 10.2. The summed E-state index contributed by atoms with van der Waals surface area (Å²) in [7, 11) is -1.79. The molecule has 0 radical (unpaired) electrons. The Morgan fingerprint density at radius 3 is 1.92 bits per heavy atom. The highest BCUT2D eigenvalue weighted by Crippen LogP contribution is 2.01. The molecule has 0 aromatic heterocycles. The molecule has 0 bridgehead atoms. The lowest BCUT2D eigenvalue weighted by Gasteiger charge is -2.15. The molecule has 0 aliphatic heterocycles. The van der Waals surface area contributed by atoms with Gasteiger partial charge in [-0.1, -0.05) is 13.8 Å². The Bertz CT molecular complexity index is 103. The molecule has 80 valence electrons. The molecule has 0 heterocycles. The summed E-state index contributed by atoms with van der Waals surface area (Å²) in [5.74, 6) is 0.679. The smallest absolute Gasteiger partial charge is 0.376 e. The minimum atomic E-state index is -1.79. The van der Waals surface area contributed by atoms with Crippen molar-refractivity contribution in [2.24, 2.45) is 5.92 Å². The first-order valence-corrected chi connectivity index (χ1v) is 6.46. The molecule has 3 nitrogen and oxygen atoms in total. The maximum atomic E-state index is 5.53. The highest BCUT2D eigenvalue weighted by atomic mass is 28.3. The summed E-state index contributed by atoms with van der Waals surface area (Å²) in [6.07, 6.45) is 1.07. The summed E-state index contributed by atoms with van der Waals surface area (Å²) < 4.78 is 16.2. The third kappa shape index (κ3) is 8.43. The molecule has 0 rings (SSSR count). The van der Waals surface area contributed by atoms with Gasteiger partial charge in [-0.2, -0.15) is 0 Å². The Kier molecular flexibility index (Phi) is 8.75. The van der Waals surface area contributed by atoms with Crippen molar-refractivity contribution in [2.45, 2.75) is 34.1 Å². The van der Waals surface area contributed by atoms with Gasteiger partial charge in [-0.05, 0) is 26.2 Å². The standard InChI is InChI=1S/C9H22O3Si/c1-5-10-13(11-6-2)12-8-7-9(3)4/h9,13H,5-8H2,1-4H3. The normalized spacial score (nSPS) is 11.5. The van der Waals surface area contributed by atoms with E-state index < -0.39 is 9.53 Å². The van der Waals surface area contributed by atoms with Crippen LogP contribution in [-0.4, -0.2) is 29.3 Å². The van der Waals surface area contributed by atoms with Crippen LogP contribution in [0.2, 0.25) is 0 Å². The van der Waals surface area contributed by atoms with E-state index in [0.717, 1.165) is 13.0 Å². The molecule has 0 saturated heterocycles. The van der Waals surface area contributed by atoms with Crippen molar-refractivity contribution in [3.05, 3.63) is 0 Å². The molecule has 0 spiro atoms. The Hall–Kier alpha value is 0.0969. The second-order valence-electron chi connectivity index (χ2n) is 3.25.